The molecular weight excluding hydrogens is 343 g/mol. The Balaban J connectivity index is 2.41. The summed E-state index contributed by atoms with van der Waals surface area (Å²) in [6.45, 7) is 6.39. The molecule has 2 nitrogen and oxygen atoms in total. The Labute approximate surface area is 151 Å². The molecule has 0 amide bonds. The van der Waals surface area contributed by atoms with Crippen molar-refractivity contribution in [2.75, 3.05) is 0 Å². The van der Waals surface area contributed by atoms with E-state index in [0.29, 0.717) is 0 Å². The van der Waals surface area contributed by atoms with Crippen LogP contribution in [0.15, 0.2) is 42.5 Å². The molecule has 24 heavy (non-hydrogen) atoms. The van der Waals surface area contributed by atoms with Crippen LogP contribution in [-0.4, -0.2) is 10.5 Å². The van der Waals surface area contributed by atoms with Gasteiger partial charge >= 0.3 is 0 Å². The Morgan fingerprint density at radius 3 is 2.08 bits per heavy atom. The fraction of sp³-hybridized carbons (Fsp3) is 0.300. The van der Waals surface area contributed by atoms with Gasteiger partial charge in [-0.1, -0.05) is 57.2 Å². The molecule has 1 aliphatic carbocycles. The molecule has 124 valence electrons. The number of rotatable bonds is 3. The Hall–Kier alpha value is -1.64. The third-order valence-electron chi connectivity index (χ3n) is 5.10. The van der Waals surface area contributed by atoms with Crippen LogP contribution in [0, 0.1) is 0 Å². The molecule has 2 aromatic rings. The number of fused-ring (bicyclic) bond motifs is 1. The third kappa shape index (κ3) is 2.49. The maximum absolute atomic E-state index is 12.2. The molecule has 1 atom stereocenters. The van der Waals surface area contributed by atoms with Gasteiger partial charge in [0, 0.05) is 11.0 Å². The minimum absolute atomic E-state index is 0.144. The summed E-state index contributed by atoms with van der Waals surface area (Å²) in [6.07, 6.45) is 0.816. The average molecular weight is 361 g/mol. The Bertz CT molecular complexity index is 840. The van der Waals surface area contributed by atoms with E-state index in [0.717, 1.165) is 23.1 Å². The lowest BCUT2D eigenvalue weighted by Crippen LogP contribution is -2.25. The van der Waals surface area contributed by atoms with E-state index in [4.69, 9.17) is 23.2 Å². The maximum Gasteiger partial charge on any atom is 0.253 e. The lowest BCUT2D eigenvalue weighted by atomic mass is 9.74. The van der Waals surface area contributed by atoms with Crippen LogP contribution < -0.4 is 0 Å². The van der Waals surface area contributed by atoms with E-state index in [1.807, 2.05) is 36.4 Å². The Morgan fingerprint density at radius 2 is 1.54 bits per heavy atom. The van der Waals surface area contributed by atoms with Crippen molar-refractivity contribution in [2.24, 2.45) is 0 Å². The highest BCUT2D eigenvalue weighted by atomic mass is 35.5. The molecule has 3 rings (SSSR count). The van der Waals surface area contributed by atoms with Crippen molar-refractivity contribution in [3.05, 3.63) is 70.3 Å². The molecule has 0 fully saturated rings. The molecule has 0 radical (unpaired) electrons. The van der Waals surface area contributed by atoms with Gasteiger partial charge in [-0.15, -0.1) is 0 Å². The van der Waals surface area contributed by atoms with Crippen LogP contribution in [0.2, 0.25) is 0 Å². The molecule has 1 aliphatic rings. The second-order valence-corrected chi connectivity index (χ2v) is 7.90. The quantitative estimate of drug-likeness (QED) is 0.683. The predicted molar refractivity (Wildman–Crippen MR) is 97.3 cm³/mol. The maximum atomic E-state index is 12.2. The molecular formula is C20H18Cl2O2. The number of carbonyl (C=O) groups is 2. The highest BCUT2D eigenvalue weighted by molar-refractivity contribution is 6.72. The minimum Gasteiger partial charge on any atom is -0.276 e. The van der Waals surface area contributed by atoms with Crippen molar-refractivity contribution < 1.29 is 9.59 Å². The van der Waals surface area contributed by atoms with E-state index >= 15 is 0 Å². The number of carbonyl (C=O) groups excluding carboxylic acids is 2. The fourth-order valence-electron chi connectivity index (χ4n) is 4.23. The zero-order valence-electron chi connectivity index (χ0n) is 13.8. The number of halogens is 2. The zero-order chi connectivity index (χ0) is 17.7. The lowest BCUT2D eigenvalue weighted by molar-refractivity contribution is 0.105. The first-order valence-electron chi connectivity index (χ1n) is 7.81. The molecule has 0 bridgehead atoms. The molecule has 0 heterocycles. The monoisotopic (exact) mass is 360 g/mol. The van der Waals surface area contributed by atoms with Gasteiger partial charge in [0.05, 0.1) is 5.56 Å². The van der Waals surface area contributed by atoms with Crippen molar-refractivity contribution in [3.8, 4) is 0 Å². The van der Waals surface area contributed by atoms with Gasteiger partial charge in [-0.05, 0) is 57.8 Å². The topological polar surface area (TPSA) is 34.1 Å². The summed E-state index contributed by atoms with van der Waals surface area (Å²) in [5.74, 6) is 0. The zero-order valence-corrected chi connectivity index (χ0v) is 15.3. The summed E-state index contributed by atoms with van der Waals surface area (Å²) < 4.78 is 0. The Kier molecular flexibility index (Phi) is 4.09. The van der Waals surface area contributed by atoms with Gasteiger partial charge in [0.15, 0.2) is 0 Å². The third-order valence-corrected chi connectivity index (χ3v) is 5.49. The van der Waals surface area contributed by atoms with Gasteiger partial charge in [-0.25, -0.2) is 0 Å². The van der Waals surface area contributed by atoms with E-state index < -0.39 is 15.9 Å². The van der Waals surface area contributed by atoms with E-state index in [1.54, 1.807) is 6.07 Å². The van der Waals surface area contributed by atoms with Gasteiger partial charge in [-0.2, -0.15) is 0 Å². The SMILES string of the molecule is CC1(C)CC(C)(c2ccccc2)c2c1ccc(C(=O)Cl)c2C(=O)Cl. The first-order valence-corrected chi connectivity index (χ1v) is 8.57. The van der Waals surface area contributed by atoms with Crippen LogP contribution in [0.3, 0.4) is 0 Å². The highest BCUT2D eigenvalue weighted by Gasteiger charge is 2.48. The lowest BCUT2D eigenvalue weighted by Gasteiger charge is -2.29. The summed E-state index contributed by atoms with van der Waals surface area (Å²) in [7, 11) is 0. The van der Waals surface area contributed by atoms with Crippen LogP contribution in [0.5, 0.6) is 0 Å². The molecule has 1 unspecified atom stereocenters. The van der Waals surface area contributed by atoms with Crippen LogP contribution in [0.4, 0.5) is 0 Å². The van der Waals surface area contributed by atoms with Crippen molar-refractivity contribution in [1.82, 2.24) is 0 Å². The summed E-state index contributed by atoms with van der Waals surface area (Å²) in [5.41, 5.74) is 2.82. The number of hydrogen-bond donors (Lipinski definition) is 0. The first kappa shape index (κ1) is 17.2. The molecule has 0 aliphatic heterocycles. The molecule has 0 N–H and O–H groups in total. The van der Waals surface area contributed by atoms with E-state index in [9.17, 15) is 9.59 Å². The number of hydrogen-bond acceptors (Lipinski definition) is 2. The molecule has 2 aromatic carbocycles. The molecule has 0 saturated heterocycles. The van der Waals surface area contributed by atoms with Crippen LogP contribution in [0.25, 0.3) is 0 Å². The molecule has 0 saturated carbocycles. The standard InChI is InChI=1S/C20H18Cl2O2/c1-19(2)11-20(3,12-7-5-4-6-8-12)16-14(19)10-9-13(17(21)23)15(16)18(22)24/h4-10H,11H2,1-3H3. The van der Waals surface area contributed by atoms with E-state index in [1.165, 1.54) is 0 Å². The highest BCUT2D eigenvalue weighted by Crippen LogP contribution is 2.54. The van der Waals surface area contributed by atoms with Crippen LogP contribution in [-0.2, 0) is 10.8 Å². The van der Waals surface area contributed by atoms with Crippen LogP contribution in [0.1, 0.15) is 64.6 Å². The van der Waals surface area contributed by atoms with Crippen molar-refractivity contribution >= 4 is 33.7 Å². The second-order valence-electron chi connectivity index (χ2n) is 7.22. The van der Waals surface area contributed by atoms with Crippen molar-refractivity contribution in [3.63, 3.8) is 0 Å². The van der Waals surface area contributed by atoms with Crippen LogP contribution >= 0.6 is 23.2 Å². The summed E-state index contributed by atoms with van der Waals surface area (Å²) in [5, 5.41) is -1.31. The fourth-order valence-corrected chi connectivity index (χ4v) is 4.58. The van der Waals surface area contributed by atoms with Gasteiger partial charge < -0.3 is 0 Å². The van der Waals surface area contributed by atoms with Crippen molar-refractivity contribution in [1.29, 1.82) is 0 Å². The molecule has 0 spiro atoms. The van der Waals surface area contributed by atoms with E-state index in [-0.39, 0.29) is 16.5 Å². The van der Waals surface area contributed by atoms with Gasteiger partial charge in [0.2, 0.25) is 0 Å². The summed E-state index contributed by atoms with van der Waals surface area (Å²) in [4.78, 5) is 24.0. The normalized spacial score (nSPS) is 21.4. The average Bonchev–Trinajstić information content (AvgIpc) is 2.74. The molecule has 4 heteroatoms. The second kappa shape index (κ2) is 5.72. The summed E-state index contributed by atoms with van der Waals surface area (Å²) in [6, 6.07) is 13.5. The Morgan fingerprint density at radius 1 is 0.917 bits per heavy atom. The van der Waals surface area contributed by atoms with Gasteiger partial charge in [0.25, 0.3) is 10.5 Å². The largest absolute Gasteiger partial charge is 0.276 e. The van der Waals surface area contributed by atoms with Gasteiger partial charge in [-0.3, -0.25) is 9.59 Å². The summed E-state index contributed by atoms with van der Waals surface area (Å²) >= 11 is 11.6. The number of benzene rings is 2. The minimum atomic E-state index is -0.665. The smallest absolute Gasteiger partial charge is 0.253 e. The van der Waals surface area contributed by atoms with E-state index in [2.05, 4.69) is 20.8 Å². The predicted octanol–water partition coefficient (Wildman–Crippen LogP) is 5.43. The van der Waals surface area contributed by atoms with Gasteiger partial charge in [0.1, 0.15) is 0 Å². The van der Waals surface area contributed by atoms with Crippen molar-refractivity contribution in [2.45, 2.75) is 38.0 Å². The molecule has 0 aromatic heterocycles. The first-order chi connectivity index (χ1) is 11.2.